The van der Waals surface area contributed by atoms with Crippen LogP contribution in [0, 0.1) is 9.39 Å². The summed E-state index contributed by atoms with van der Waals surface area (Å²) in [5, 5.41) is 0. The first kappa shape index (κ1) is 15.0. The number of hydrogen-bond donors (Lipinski definition) is 1. The van der Waals surface area contributed by atoms with Gasteiger partial charge in [-0.25, -0.2) is 9.37 Å². The maximum atomic E-state index is 13.9. The number of nitrogen functional groups attached to an aromatic ring is 1. The van der Waals surface area contributed by atoms with E-state index in [9.17, 15) is 4.39 Å². The molecule has 1 aromatic heterocycles. The number of likely N-dealkylation sites (tertiary alicyclic amines) is 1. The Morgan fingerprint density at radius 1 is 1.33 bits per heavy atom. The van der Waals surface area contributed by atoms with Crippen LogP contribution in [-0.4, -0.2) is 34.1 Å². The van der Waals surface area contributed by atoms with Crippen LogP contribution < -0.4 is 5.73 Å². The lowest BCUT2D eigenvalue weighted by Crippen LogP contribution is -2.34. The second-order valence-corrected chi connectivity index (χ2v) is 6.97. The molecular formula is C15H20FIN4. The number of piperidine rings is 1. The van der Waals surface area contributed by atoms with Crippen molar-refractivity contribution in [2.24, 2.45) is 0 Å². The second-order valence-electron chi connectivity index (χ2n) is 5.81. The van der Waals surface area contributed by atoms with Gasteiger partial charge in [0.25, 0.3) is 0 Å². The predicted molar refractivity (Wildman–Crippen MR) is 91.8 cm³/mol. The molecule has 1 aromatic carbocycles. The van der Waals surface area contributed by atoms with E-state index in [2.05, 4.69) is 16.8 Å². The van der Waals surface area contributed by atoms with E-state index >= 15 is 0 Å². The Bertz CT molecular complexity index is 649. The standard InChI is InChI=1S/C15H20FIN4/c1-10(9-20-5-3-2-4-6-20)21-14-7-11(16)12(17)8-13(14)19-15(21)18/h7-8,10H,2-6,9H2,1H3,(H2,18,19). The molecule has 0 radical (unpaired) electrons. The van der Waals surface area contributed by atoms with Crippen molar-refractivity contribution in [3.8, 4) is 0 Å². The summed E-state index contributed by atoms with van der Waals surface area (Å²) >= 11 is 1.98. The average molecular weight is 402 g/mol. The van der Waals surface area contributed by atoms with Crippen molar-refractivity contribution in [1.29, 1.82) is 0 Å². The van der Waals surface area contributed by atoms with Gasteiger partial charge in [-0.2, -0.15) is 0 Å². The lowest BCUT2D eigenvalue weighted by molar-refractivity contribution is 0.204. The zero-order valence-electron chi connectivity index (χ0n) is 12.1. The highest BCUT2D eigenvalue weighted by Gasteiger charge is 2.19. The van der Waals surface area contributed by atoms with Crippen molar-refractivity contribution in [3.63, 3.8) is 0 Å². The Labute approximate surface area is 137 Å². The molecule has 1 fully saturated rings. The fraction of sp³-hybridized carbons (Fsp3) is 0.533. The lowest BCUT2D eigenvalue weighted by Gasteiger charge is -2.30. The topological polar surface area (TPSA) is 47.1 Å². The maximum Gasteiger partial charge on any atom is 0.201 e. The monoisotopic (exact) mass is 402 g/mol. The molecule has 0 spiro atoms. The van der Waals surface area contributed by atoms with Crippen LogP contribution in [-0.2, 0) is 0 Å². The number of anilines is 1. The van der Waals surface area contributed by atoms with Crippen LogP contribution in [0.15, 0.2) is 12.1 Å². The van der Waals surface area contributed by atoms with Crippen molar-refractivity contribution in [3.05, 3.63) is 21.5 Å². The normalized spacial score (nSPS) is 18.2. The summed E-state index contributed by atoms with van der Waals surface area (Å²) in [6, 6.07) is 3.49. The van der Waals surface area contributed by atoms with Crippen LogP contribution in [0.4, 0.5) is 10.3 Å². The number of halogens is 2. The first-order valence-electron chi connectivity index (χ1n) is 7.41. The van der Waals surface area contributed by atoms with Crippen LogP contribution in [0.25, 0.3) is 11.0 Å². The van der Waals surface area contributed by atoms with Crippen LogP contribution in [0.3, 0.4) is 0 Å². The Morgan fingerprint density at radius 3 is 2.76 bits per heavy atom. The molecule has 6 heteroatoms. The Hall–Kier alpha value is -0.890. The van der Waals surface area contributed by atoms with E-state index in [-0.39, 0.29) is 11.9 Å². The third-order valence-corrected chi connectivity index (χ3v) is 5.00. The Balaban J connectivity index is 1.91. The van der Waals surface area contributed by atoms with E-state index in [0.717, 1.165) is 30.7 Å². The quantitative estimate of drug-likeness (QED) is 0.801. The average Bonchev–Trinajstić information content (AvgIpc) is 2.75. The smallest absolute Gasteiger partial charge is 0.201 e. The van der Waals surface area contributed by atoms with E-state index < -0.39 is 0 Å². The third-order valence-electron chi connectivity index (χ3n) is 4.17. The minimum absolute atomic E-state index is 0.188. The van der Waals surface area contributed by atoms with Crippen molar-refractivity contribution < 1.29 is 4.39 Å². The minimum atomic E-state index is -0.213. The molecule has 2 N–H and O–H groups in total. The summed E-state index contributed by atoms with van der Waals surface area (Å²) in [6.45, 7) is 5.34. The van der Waals surface area contributed by atoms with Gasteiger partial charge in [0.2, 0.25) is 5.95 Å². The van der Waals surface area contributed by atoms with Gasteiger partial charge in [0.15, 0.2) is 0 Å². The summed E-state index contributed by atoms with van der Waals surface area (Å²) in [4.78, 5) is 6.84. The van der Waals surface area contributed by atoms with E-state index in [4.69, 9.17) is 5.73 Å². The van der Waals surface area contributed by atoms with E-state index in [0.29, 0.717) is 9.52 Å². The molecule has 2 aromatic rings. The van der Waals surface area contributed by atoms with Gasteiger partial charge in [0.05, 0.1) is 14.6 Å². The molecule has 1 saturated heterocycles. The van der Waals surface area contributed by atoms with Crippen LogP contribution >= 0.6 is 22.6 Å². The predicted octanol–water partition coefficient (Wildman–Crippen LogP) is 3.41. The first-order chi connectivity index (χ1) is 10.1. The number of aromatic nitrogens is 2. The number of benzene rings is 1. The third kappa shape index (κ3) is 3.01. The van der Waals surface area contributed by atoms with Crippen molar-refractivity contribution in [2.45, 2.75) is 32.2 Å². The zero-order valence-corrected chi connectivity index (χ0v) is 14.3. The minimum Gasteiger partial charge on any atom is -0.369 e. The SMILES string of the molecule is CC(CN1CCCCC1)n1c(N)nc2cc(I)c(F)cc21. The first-order valence-corrected chi connectivity index (χ1v) is 8.49. The Kier molecular flexibility index (Phi) is 4.35. The molecule has 4 nitrogen and oxygen atoms in total. The van der Waals surface area contributed by atoms with Gasteiger partial charge in [-0.3, -0.25) is 0 Å². The van der Waals surface area contributed by atoms with Crippen molar-refractivity contribution in [2.75, 3.05) is 25.4 Å². The number of fused-ring (bicyclic) bond motifs is 1. The molecule has 1 unspecified atom stereocenters. The molecule has 21 heavy (non-hydrogen) atoms. The molecule has 1 aliphatic rings. The van der Waals surface area contributed by atoms with E-state index in [1.165, 1.54) is 19.3 Å². The molecule has 1 aliphatic heterocycles. The number of nitrogens with two attached hydrogens (primary N) is 1. The highest BCUT2D eigenvalue weighted by atomic mass is 127. The lowest BCUT2D eigenvalue weighted by atomic mass is 10.1. The molecule has 0 saturated carbocycles. The molecule has 3 rings (SSSR count). The van der Waals surface area contributed by atoms with Gasteiger partial charge in [-0.15, -0.1) is 0 Å². The number of hydrogen-bond acceptors (Lipinski definition) is 3. The highest BCUT2D eigenvalue weighted by Crippen LogP contribution is 2.27. The summed E-state index contributed by atoms with van der Waals surface area (Å²) in [7, 11) is 0. The number of rotatable bonds is 3. The molecule has 2 heterocycles. The molecule has 1 atom stereocenters. The zero-order chi connectivity index (χ0) is 15.0. The summed E-state index contributed by atoms with van der Waals surface area (Å²) in [6.07, 6.45) is 3.85. The van der Waals surface area contributed by atoms with Gasteiger partial charge < -0.3 is 15.2 Å². The molecule has 0 bridgehead atoms. The van der Waals surface area contributed by atoms with Gasteiger partial charge in [-0.05, 0) is 61.5 Å². The van der Waals surface area contributed by atoms with E-state index in [1.807, 2.05) is 27.2 Å². The fourth-order valence-corrected chi connectivity index (χ4v) is 3.62. The summed E-state index contributed by atoms with van der Waals surface area (Å²) in [5.41, 5.74) is 7.62. The van der Waals surface area contributed by atoms with Gasteiger partial charge in [0.1, 0.15) is 5.82 Å². The number of imidazole rings is 1. The molecule has 114 valence electrons. The van der Waals surface area contributed by atoms with E-state index in [1.54, 1.807) is 12.1 Å². The van der Waals surface area contributed by atoms with Gasteiger partial charge in [0, 0.05) is 18.7 Å². The summed E-state index contributed by atoms with van der Waals surface area (Å²) in [5.74, 6) is 0.255. The number of nitrogens with zero attached hydrogens (tertiary/aromatic N) is 3. The van der Waals surface area contributed by atoms with Gasteiger partial charge >= 0.3 is 0 Å². The van der Waals surface area contributed by atoms with Gasteiger partial charge in [-0.1, -0.05) is 6.42 Å². The second kappa shape index (κ2) is 6.08. The fourth-order valence-electron chi connectivity index (χ4n) is 3.17. The molecular weight excluding hydrogens is 382 g/mol. The highest BCUT2D eigenvalue weighted by molar-refractivity contribution is 14.1. The molecule has 0 amide bonds. The van der Waals surface area contributed by atoms with Crippen molar-refractivity contribution >= 4 is 39.6 Å². The summed E-state index contributed by atoms with van der Waals surface area (Å²) < 4.78 is 16.4. The largest absolute Gasteiger partial charge is 0.369 e. The van der Waals surface area contributed by atoms with Crippen molar-refractivity contribution in [1.82, 2.24) is 14.5 Å². The van der Waals surface area contributed by atoms with Crippen LogP contribution in [0.1, 0.15) is 32.2 Å². The maximum absolute atomic E-state index is 13.9. The van der Waals surface area contributed by atoms with Crippen LogP contribution in [0.5, 0.6) is 0 Å². The van der Waals surface area contributed by atoms with Crippen LogP contribution in [0.2, 0.25) is 0 Å². The Morgan fingerprint density at radius 2 is 2.05 bits per heavy atom. The molecule has 0 aliphatic carbocycles.